The molecule has 0 radical (unpaired) electrons. The predicted molar refractivity (Wildman–Crippen MR) is 87.9 cm³/mol. The highest BCUT2D eigenvalue weighted by Gasteiger charge is 2.26. The van der Waals surface area contributed by atoms with E-state index in [1.807, 2.05) is 18.2 Å². The lowest BCUT2D eigenvalue weighted by Crippen LogP contribution is -2.40. The normalized spacial score (nSPS) is 15.5. The van der Waals surface area contributed by atoms with Crippen LogP contribution in [0.1, 0.15) is 39.2 Å². The number of hydrogen-bond donors (Lipinski definition) is 0. The summed E-state index contributed by atoms with van der Waals surface area (Å²) in [5.74, 6) is 0.935. The van der Waals surface area contributed by atoms with Crippen molar-refractivity contribution in [2.24, 2.45) is 5.41 Å². The van der Waals surface area contributed by atoms with Gasteiger partial charge in [0.25, 0.3) is 0 Å². The molecular weight excluding hydrogens is 262 g/mol. The topological polar surface area (TPSA) is 29.5 Å². The third-order valence-electron chi connectivity index (χ3n) is 4.18. The molecule has 1 rings (SSSR count). The number of ether oxygens (including phenoxy) is 1. The maximum atomic E-state index is 11.4. The van der Waals surface area contributed by atoms with Gasteiger partial charge in [-0.25, -0.2) is 0 Å². The second-order valence-electron chi connectivity index (χ2n) is 6.30. The Hall–Kier alpha value is -1.35. The number of benzene rings is 1. The van der Waals surface area contributed by atoms with Crippen molar-refractivity contribution >= 4 is 6.29 Å². The van der Waals surface area contributed by atoms with Gasteiger partial charge in [0.1, 0.15) is 12.0 Å². The van der Waals surface area contributed by atoms with Crippen molar-refractivity contribution in [2.45, 2.75) is 46.1 Å². The fourth-order valence-corrected chi connectivity index (χ4v) is 2.82. The largest absolute Gasteiger partial charge is 0.496 e. The molecule has 0 aliphatic rings. The molecule has 0 saturated heterocycles. The maximum Gasteiger partial charge on any atom is 0.127 e. The quantitative estimate of drug-likeness (QED) is 0.652. The average Bonchev–Trinajstić information content (AvgIpc) is 2.47. The predicted octanol–water partition coefficient (Wildman–Crippen LogP) is 3.56. The van der Waals surface area contributed by atoms with Crippen molar-refractivity contribution in [3.05, 3.63) is 29.8 Å². The molecule has 0 heterocycles. The van der Waals surface area contributed by atoms with Gasteiger partial charge in [0.05, 0.1) is 7.11 Å². The van der Waals surface area contributed by atoms with Crippen molar-refractivity contribution in [2.75, 3.05) is 20.7 Å². The first-order chi connectivity index (χ1) is 9.95. The van der Waals surface area contributed by atoms with Gasteiger partial charge in [-0.2, -0.15) is 0 Å². The fourth-order valence-electron chi connectivity index (χ4n) is 2.82. The van der Waals surface area contributed by atoms with E-state index in [9.17, 15) is 4.79 Å². The molecule has 1 aromatic carbocycles. The lowest BCUT2D eigenvalue weighted by molar-refractivity contribution is -0.116. The SMILES string of the molecule is CCCC(C)(C=O)CN(C)C(C)Cc1ccccc1OC. The smallest absolute Gasteiger partial charge is 0.127 e. The minimum absolute atomic E-state index is 0.251. The molecule has 0 spiro atoms. The summed E-state index contributed by atoms with van der Waals surface area (Å²) in [7, 11) is 3.80. The molecule has 0 bridgehead atoms. The molecule has 0 N–H and O–H groups in total. The number of methoxy groups -OCH3 is 1. The van der Waals surface area contributed by atoms with Gasteiger partial charge >= 0.3 is 0 Å². The molecule has 3 nitrogen and oxygen atoms in total. The summed E-state index contributed by atoms with van der Waals surface area (Å²) in [6.07, 6.45) is 4.00. The lowest BCUT2D eigenvalue weighted by atomic mass is 9.86. The molecule has 21 heavy (non-hydrogen) atoms. The van der Waals surface area contributed by atoms with Crippen LogP contribution >= 0.6 is 0 Å². The first-order valence-corrected chi connectivity index (χ1v) is 7.74. The van der Waals surface area contributed by atoms with Crippen LogP contribution in [0.2, 0.25) is 0 Å². The molecule has 0 aromatic heterocycles. The van der Waals surface area contributed by atoms with Gasteiger partial charge in [-0.3, -0.25) is 0 Å². The van der Waals surface area contributed by atoms with Crippen LogP contribution in [0.15, 0.2) is 24.3 Å². The zero-order valence-corrected chi connectivity index (χ0v) is 14.1. The van der Waals surface area contributed by atoms with Crippen LogP contribution in [0, 0.1) is 5.41 Å². The van der Waals surface area contributed by atoms with Gasteiger partial charge < -0.3 is 14.4 Å². The molecule has 118 valence electrons. The van der Waals surface area contributed by atoms with Crippen LogP contribution in [-0.2, 0) is 11.2 Å². The molecule has 0 amide bonds. The van der Waals surface area contributed by atoms with Crippen LogP contribution < -0.4 is 4.74 Å². The number of aldehydes is 1. The van der Waals surface area contributed by atoms with E-state index in [0.29, 0.717) is 6.04 Å². The number of nitrogens with zero attached hydrogens (tertiary/aromatic N) is 1. The standard InChI is InChI=1S/C18H29NO2/c1-6-11-18(3,14-20)13-19(4)15(2)12-16-9-7-8-10-17(16)21-5/h7-10,14-15H,6,11-13H2,1-5H3. The van der Waals surface area contributed by atoms with Crippen LogP contribution in [0.3, 0.4) is 0 Å². The Morgan fingerprint density at radius 1 is 1.38 bits per heavy atom. The fraction of sp³-hybridized carbons (Fsp3) is 0.611. The van der Waals surface area contributed by atoms with E-state index in [2.05, 4.69) is 38.8 Å². The molecule has 2 atom stereocenters. The second-order valence-corrected chi connectivity index (χ2v) is 6.30. The van der Waals surface area contributed by atoms with Crippen LogP contribution in [0.4, 0.5) is 0 Å². The van der Waals surface area contributed by atoms with Crippen molar-refractivity contribution in [3.63, 3.8) is 0 Å². The van der Waals surface area contributed by atoms with Crippen LogP contribution in [0.5, 0.6) is 5.75 Å². The summed E-state index contributed by atoms with van der Waals surface area (Å²) in [6, 6.07) is 8.49. The number of likely N-dealkylation sites (N-methyl/N-ethyl adjacent to an activating group) is 1. The number of para-hydroxylation sites is 1. The highest BCUT2D eigenvalue weighted by molar-refractivity contribution is 5.59. The van der Waals surface area contributed by atoms with Gasteiger partial charge in [-0.1, -0.05) is 38.5 Å². The van der Waals surface area contributed by atoms with Gasteiger partial charge in [0, 0.05) is 18.0 Å². The first kappa shape index (κ1) is 17.7. The van der Waals surface area contributed by atoms with E-state index in [-0.39, 0.29) is 5.41 Å². The van der Waals surface area contributed by atoms with E-state index in [4.69, 9.17) is 4.74 Å². The van der Waals surface area contributed by atoms with Crippen molar-refractivity contribution in [1.82, 2.24) is 4.90 Å². The minimum Gasteiger partial charge on any atom is -0.496 e. The lowest BCUT2D eigenvalue weighted by Gasteiger charge is -2.33. The number of hydrogen-bond acceptors (Lipinski definition) is 3. The summed E-state index contributed by atoms with van der Waals surface area (Å²) in [5, 5.41) is 0. The monoisotopic (exact) mass is 291 g/mol. The second kappa shape index (κ2) is 8.18. The molecule has 2 unspecified atom stereocenters. The van der Waals surface area contributed by atoms with Crippen molar-refractivity contribution in [3.8, 4) is 5.75 Å². The van der Waals surface area contributed by atoms with E-state index in [1.54, 1.807) is 7.11 Å². The van der Waals surface area contributed by atoms with Gasteiger partial charge in [0.15, 0.2) is 0 Å². The van der Waals surface area contributed by atoms with Crippen molar-refractivity contribution in [1.29, 1.82) is 0 Å². The Balaban J connectivity index is 2.70. The van der Waals surface area contributed by atoms with Gasteiger partial charge in [-0.05, 0) is 38.4 Å². The van der Waals surface area contributed by atoms with Gasteiger partial charge in [-0.15, -0.1) is 0 Å². The Morgan fingerprint density at radius 2 is 2.05 bits per heavy atom. The third-order valence-corrected chi connectivity index (χ3v) is 4.18. The average molecular weight is 291 g/mol. The molecule has 0 aliphatic heterocycles. The van der Waals surface area contributed by atoms with E-state index in [0.717, 1.165) is 37.8 Å². The Kier molecular flexibility index (Phi) is 6.90. The molecule has 1 aromatic rings. The Bertz CT molecular complexity index is 447. The van der Waals surface area contributed by atoms with Crippen molar-refractivity contribution < 1.29 is 9.53 Å². The highest BCUT2D eigenvalue weighted by atomic mass is 16.5. The number of rotatable bonds is 9. The number of carbonyl (C=O) groups is 1. The Morgan fingerprint density at radius 3 is 2.62 bits per heavy atom. The van der Waals surface area contributed by atoms with E-state index >= 15 is 0 Å². The molecule has 0 aliphatic carbocycles. The van der Waals surface area contributed by atoms with E-state index < -0.39 is 0 Å². The summed E-state index contributed by atoms with van der Waals surface area (Å²) in [4.78, 5) is 13.7. The zero-order valence-electron chi connectivity index (χ0n) is 14.1. The molecule has 0 fully saturated rings. The summed E-state index contributed by atoms with van der Waals surface area (Å²) >= 11 is 0. The zero-order chi connectivity index (χ0) is 15.9. The summed E-state index contributed by atoms with van der Waals surface area (Å²) < 4.78 is 5.41. The van der Waals surface area contributed by atoms with Gasteiger partial charge in [0.2, 0.25) is 0 Å². The number of carbonyl (C=O) groups excluding carboxylic acids is 1. The van der Waals surface area contributed by atoms with E-state index in [1.165, 1.54) is 5.56 Å². The third kappa shape index (κ3) is 5.16. The Labute approximate surface area is 129 Å². The minimum atomic E-state index is -0.251. The summed E-state index contributed by atoms with van der Waals surface area (Å²) in [5.41, 5.74) is 0.959. The molecular formula is C18H29NO2. The van der Waals surface area contributed by atoms with Crippen LogP contribution in [-0.4, -0.2) is 37.9 Å². The maximum absolute atomic E-state index is 11.4. The first-order valence-electron chi connectivity index (χ1n) is 7.74. The van der Waals surface area contributed by atoms with Crippen LogP contribution in [0.25, 0.3) is 0 Å². The summed E-state index contributed by atoms with van der Waals surface area (Å²) in [6.45, 7) is 7.17. The molecule has 3 heteroatoms. The molecule has 0 saturated carbocycles. The highest BCUT2D eigenvalue weighted by Crippen LogP contribution is 2.24.